The van der Waals surface area contributed by atoms with Gasteiger partial charge in [0.2, 0.25) is 59.1 Å². The lowest BCUT2D eigenvalue weighted by molar-refractivity contribution is -0.144. The zero-order chi connectivity index (χ0) is 74.6. The highest BCUT2D eigenvalue weighted by molar-refractivity contribution is 6.30. The molecule has 0 bridgehead atoms. The van der Waals surface area contributed by atoms with Crippen molar-refractivity contribution in [1.29, 1.82) is 5.41 Å². The van der Waals surface area contributed by atoms with E-state index in [9.17, 15) is 72.9 Å². The summed E-state index contributed by atoms with van der Waals surface area (Å²) in [6.07, 6.45) is 2.55. The number of likely N-dealkylation sites (tertiary alicyclic amines) is 1. The topological polar surface area (TPSA) is 490 Å². The molecular formula is C70H91ClN16O15. The molecular weight excluding hydrogens is 1340 g/mol. The van der Waals surface area contributed by atoms with E-state index in [0.29, 0.717) is 33.7 Å². The highest BCUT2D eigenvalue weighted by Crippen LogP contribution is 2.22. The van der Waals surface area contributed by atoms with E-state index >= 15 is 0 Å². The number of primary amides is 1. The number of guanidine groups is 1. The van der Waals surface area contributed by atoms with Gasteiger partial charge in [-0.15, -0.1) is 0 Å². The van der Waals surface area contributed by atoms with E-state index in [0.717, 1.165) is 10.8 Å². The van der Waals surface area contributed by atoms with Crippen molar-refractivity contribution in [2.24, 2.45) is 17.4 Å². The van der Waals surface area contributed by atoms with Crippen molar-refractivity contribution >= 4 is 99.4 Å². The van der Waals surface area contributed by atoms with Gasteiger partial charge in [-0.05, 0) is 121 Å². The van der Waals surface area contributed by atoms with Crippen LogP contribution < -0.4 is 70.0 Å². The minimum absolute atomic E-state index is 0.00862. The maximum absolute atomic E-state index is 14.9. The predicted octanol–water partition coefficient (Wildman–Crippen LogP) is 0.0932. The van der Waals surface area contributed by atoms with E-state index in [1.54, 1.807) is 50.2 Å². The van der Waals surface area contributed by atoms with Gasteiger partial charge in [-0.1, -0.05) is 98.2 Å². The molecule has 32 heteroatoms. The summed E-state index contributed by atoms with van der Waals surface area (Å²) < 4.78 is 0. The molecule has 10 atom stereocenters. The Bertz CT molecular complexity index is 3760. The number of phenols is 1. The zero-order valence-corrected chi connectivity index (χ0v) is 57.9. The molecule has 12 amide bonds. The van der Waals surface area contributed by atoms with Gasteiger partial charge in [-0.2, -0.15) is 0 Å². The predicted molar refractivity (Wildman–Crippen MR) is 376 cm³/mol. The van der Waals surface area contributed by atoms with E-state index in [4.69, 9.17) is 28.5 Å². The number of aliphatic hydroxyl groups is 1. The van der Waals surface area contributed by atoms with E-state index in [1.165, 1.54) is 55.4 Å². The summed E-state index contributed by atoms with van der Waals surface area (Å²) in [6, 6.07) is 13.0. The summed E-state index contributed by atoms with van der Waals surface area (Å²) in [7, 11) is 0. The number of nitrogens with zero attached hydrogens (tertiary/aromatic N) is 2. The number of nitrogens with one attached hydrogen (secondary N) is 12. The molecule has 102 heavy (non-hydrogen) atoms. The second-order valence-electron chi connectivity index (χ2n) is 25.3. The van der Waals surface area contributed by atoms with Crippen LogP contribution in [0.5, 0.6) is 5.75 Å². The number of carboxylic acid groups (broad SMARTS) is 1. The molecule has 1 aliphatic rings. The van der Waals surface area contributed by atoms with Crippen molar-refractivity contribution in [2.45, 2.75) is 159 Å². The summed E-state index contributed by atoms with van der Waals surface area (Å²) in [5.41, 5.74) is 12.8. The summed E-state index contributed by atoms with van der Waals surface area (Å²) in [5, 5.41) is 69.0. The molecule has 19 N–H and O–H groups in total. The number of aliphatic carboxylic acids is 1. The Morgan fingerprint density at radius 1 is 0.569 bits per heavy atom. The van der Waals surface area contributed by atoms with Gasteiger partial charge >= 0.3 is 12.0 Å². The smallest absolute Gasteiger partial charge is 0.325 e. The molecule has 6 rings (SSSR count). The van der Waals surface area contributed by atoms with Crippen molar-refractivity contribution in [3.05, 3.63) is 143 Å². The SMILES string of the molecule is CC(=O)N[C@H](Cc1ccc2ccccc2c1)C(=O)N[C@H](Cc1ccc(Cl)cc1)C(=O)N[C@H](Cc1cccnc1)C(=O)N[C@@H](CO)C(=O)N[C@@H](Cc1ccc(O)cc1)C(=O)N[C@H](CCCNC(N)=O)C(=O)N[C@@H](CC(C)C)C(=O)N[C@@H](CCCNC(=N)N)C(=O)N1CCC[C@H]1C(=O)N[C@H](C)C(=O)O. The number of nitrogens with two attached hydrogens (primary N) is 2. The number of aliphatic hydroxyl groups excluding tert-OH is 1. The molecule has 1 saturated heterocycles. The number of phenolic OH excluding ortho intramolecular Hbond substituents is 1. The molecule has 0 unspecified atom stereocenters. The Kier molecular flexibility index (Phi) is 31.2. The van der Waals surface area contributed by atoms with Crippen LogP contribution in [0.3, 0.4) is 0 Å². The molecule has 5 aromatic rings. The molecule has 1 aliphatic heterocycles. The minimum Gasteiger partial charge on any atom is -0.508 e. The lowest BCUT2D eigenvalue weighted by Gasteiger charge is -2.31. The van der Waals surface area contributed by atoms with Gasteiger partial charge in [0, 0.05) is 69.7 Å². The molecule has 0 radical (unpaired) electrons. The van der Waals surface area contributed by atoms with Crippen LogP contribution in [0.2, 0.25) is 5.02 Å². The molecule has 31 nitrogen and oxygen atoms in total. The monoisotopic (exact) mass is 1430 g/mol. The third-order valence-corrected chi connectivity index (χ3v) is 16.9. The molecule has 0 aliphatic carbocycles. The number of rotatable bonds is 38. The summed E-state index contributed by atoms with van der Waals surface area (Å²) in [5.74, 6) is -10.7. The Morgan fingerprint density at radius 2 is 1.05 bits per heavy atom. The zero-order valence-electron chi connectivity index (χ0n) is 57.1. The largest absolute Gasteiger partial charge is 0.508 e. The third kappa shape index (κ3) is 26.0. The first-order valence-corrected chi connectivity index (χ1v) is 33.8. The number of fused-ring (bicyclic) bond motifs is 1. The second kappa shape index (κ2) is 39.7. The molecule has 1 aromatic heterocycles. The van der Waals surface area contributed by atoms with Crippen LogP contribution >= 0.6 is 11.6 Å². The lowest BCUT2D eigenvalue weighted by atomic mass is 9.99. The van der Waals surface area contributed by atoms with Crippen molar-refractivity contribution in [1.82, 2.24) is 68.4 Å². The van der Waals surface area contributed by atoms with Crippen LogP contribution in [0.1, 0.15) is 94.9 Å². The summed E-state index contributed by atoms with van der Waals surface area (Å²) in [6.45, 7) is 5.00. The van der Waals surface area contributed by atoms with Gasteiger partial charge in [0.1, 0.15) is 66.2 Å². The van der Waals surface area contributed by atoms with Crippen LogP contribution in [0.15, 0.2) is 116 Å². The Labute approximate surface area is 594 Å². The number of benzene rings is 4. The highest BCUT2D eigenvalue weighted by Gasteiger charge is 2.40. The minimum atomic E-state index is -1.86. The number of urea groups is 1. The maximum atomic E-state index is 14.9. The van der Waals surface area contributed by atoms with E-state index in [2.05, 4.69) is 63.5 Å². The fourth-order valence-corrected chi connectivity index (χ4v) is 11.5. The molecule has 0 spiro atoms. The van der Waals surface area contributed by atoms with Gasteiger partial charge in [0.15, 0.2) is 5.96 Å². The number of amides is 12. The number of carboxylic acids is 1. The van der Waals surface area contributed by atoms with Crippen LogP contribution in [-0.4, -0.2) is 189 Å². The summed E-state index contributed by atoms with van der Waals surface area (Å²) >= 11 is 6.22. The van der Waals surface area contributed by atoms with Crippen LogP contribution in [-0.2, 0) is 78.4 Å². The summed E-state index contributed by atoms with van der Waals surface area (Å²) in [4.78, 5) is 172. The van der Waals surface area contributed by atoms with Crippen LogP contribution in [0.25, 0.3) is 10.8 Å². The standard InChI is InChI=1S/C70H91ClN16O15/c1-39(2)31-52(60(92)81-51(15-9-28-76-69(72)73)67(99)87-30-10-16-58(87)66(98)78-40(3)68(100)101)82-59(91)50(14-8-29-77-70(74)102)80-62(94)54(34-43-20-25-49(90)26-21-43)85-65(97)57(38-88)86-64(96)56(36-45-11-7-27-75-37-45)84-63(95)55(33-42-18-23-48(71)24-19-42)83-61(93)53(79-41(4)89)35-44-17-22-46-12-5-6-13-47(46)32-44/h5-7,11-13,17-27,32,37,39-40,50-58,88,90H,8-10,14-16,28-31,33-36,38H2,1-4H3,(H,78,98)(H,79,89)(H,80,94)(H,81,92)(H,82,91)(H,83,93)(H,84,95)(H,85,97)(H,86,96)(H,100,101)(H4,72,73,76)(H3,74,77,102)/t40-,50-,51+,52+,53-,54+,55-,56-,57+,58+/m1/s1. The third-order valence-electron chi connectivity index (χ3n) is 16.7. The average Bonchev–Trinajstić information content (AvgIpc) is 1.13. The van der Waals surface area contributed by atoms with Crippen LogP contribution in [0.4, 0.5) is 4.79 Å². The average molecular weight is 1430 g/mol. The fraction of sp³-hybridized carbons (Fsp3) is 0.429. The number of aromatic nitrogens is 1. The molecule has 1 fully saturated rings. The molecule has 4 aromatic carbocycles. The van der Waals surface area contributed by atoms with E-state index < -0.39 is 138 Å². The van der Waals surface area contributed by atoms with Crippen molar-refractivity contribution < 1.29 is 72.9 Å². The first kappa shape index (κ1) is 80.0. The van der Waals surface area contributed by atoms with Gasteiger partial charge < -0.3 is 90.2 Å². The van der Waals surface area contributed by atoms with Crippen LogP contribution in [0, 0.1) is 11.3 Å². The van der Waals surface area contributed by atoms with Gasteiger partial charge in [-0.3, -0.25) is 63.1 Å². The maximum Gasteiger partial charge on any atom is 0.325 e. The second-order valence-corrected chi connectivity index (χ2v) is 25.8. The number of carbonyl (C=O) groups is 12. The van der Waals surface area contributed by atoms with E-state index in [-0.39, 0.29) is 101 Å². The van der Waals surface area contributed by atoms with Gasteiger partial charge in [0.25, 0.3) is 0 Å². The van der Waals surface area contributed by atoms with Crippen molar-refractivity contribution in [3.8, 4) is 5.75 Å². The number of hydrogen-bond acceptors (Lipinski definition) is 16. The normalized spacial score (nSPS) is 15.2. The Morgan fingerprint density at radius 3 is 1.60 bits per heavy atom. The fourth-order valence-electron chi connectivity index (χ4n) is 11.4. The van der Waals surface area contributed by atoms with Crippen molar-refractivity contribution in [2.75, 3.05) is 26.2 Å². The molecule has 2 heterocycles. The lowest BCUT2D eigenvalue weighted by Crippen LogP contribution is -2.61. The molecule has 0 saturated carbocycles. The Hall–Kier alpha value is -10.9. The van der Waals surface area contributed by atoms with Gasteiger partial charge in [-0.25, -0.2) is 4.79 Å². The van der Waals surface area contributed by atoms with Crippen molar-refractivity contribution in [3.63, 3.8) is 0 Å². The Balaban J connectivity index is 1.25. The van der Waals surface area contributed by atoms with Gasteiger partial charge in [0.05, 0.1) is 6.61 Å². The van der Waals surface area contributed by atoms with E-state index in [1.807, 2.05) is 42.5 Å². The molecule has 548 valence electrons. The first-order valence-electron chi connectivity index (χ1n) is 33.4. The number of aromatic hydroxyl groups is 1. The quantitative estimate of drug-likeness (QED) is 0.0141. The highest BCUT2D eigenvalue weighted by atomic mass is 35.5. The number of pyridine rings is 1. The number of carbonyl (C=O) groups excluding carboxylic acids is 11. The first-order chi connectivity index (χ1) is 48.6. The number of hydrogen-bond donors (Lipinski definition) is 17. The number of halogens is 1.